The molecule has 6 nitrogen and oxygen atoms in total. The van der Waals surface area contributed by atoms with Gasteiger partial charge in [0.2, 0.25) is 0 Å². The summed E-state index contributed by atoms with van der Waals surface area (Å²) in [7, 11) is 0. The molecule has 0 fully saturated rings. The van der Waals surface area contributed by atoms with Crippen molar-refractivity contribution in [2.45, 2.75) is 13.8 Å². The number of carbonyl (C=O) groups is 2. The summed E-state index contributed by atoms with van der Waals surface area (Å²) in [4.78, 5) is 23.0. The molecule has 0 heterocycles. The predicted octanol–water partition coefficient (Wildman–Crippen LogP) is 4.12. The van der Waals surface area contributed by atoms with Crippen LogP contribution in [0.25, 0.3) is 12.2 Å². The number of ether oxygens (including phenoxy) is 3. The van der Waals surface area contributed by atoms with E-state index in [-0.39, 0.29) is 18.8 Å². The summed E-state index contributed by atoms with van der Waals surface area (Å²) in [6, 6.07) is 12.9. The van der Waals surface area contributed by atoms with Gasteiger partial charge in [0, 0.05) is 5.57 Å². The van der Waals surface area contributed by atoms with E-state index in [2.05, 4.69) is 13.2 Å². The summed E-state index contributed by atoms with van der Waals surface area (Å²) < 4.78 is 15.7. The molecule has 2 aromatic rings. The van der Waals surface area contributed by atoms with E-state index in [1.165, 1.54) is 0 Å². The van der Waals surface area contributed by atoms with Crippen LogP contribution in [-0.4, -0.2) is 36.9 Å². The van der Waals surface area contributed by atoms with Crippen LogP contribution in [0.4, 0.5) is 0 Å². The molecule has 0 aromatic heterocycles. The Bertz CT molecular complexity index is 986. The van der Waals surface area contributed by atoms with Gasteiger partial charge in [0.25, 0.3) is 0 Å². The number of benzene rings is 2. The maximum absolute atomic E-state index is 11.7. The maximum Gasteiger partial charge on any atom is 0.341 e. The number of aliphatic hydroxyl groups is 1. The standard InChI is InChI=1S/C25H26O6/c1-17(2)24(27)30-14-13-29-22-10-7-20(8-11-22)5-6-21-9-12-23(18(3)15-21)31-25(28)19(4)16-26/h5-12,15,26H,1,4,13-14,16H2,2-3H3/b6-5+. The van der Waals surface area contributed by atoms with E-state index in [0.717, 1.165) is 16.7 Å². The van der Waals surface area contributed by atoms with Gasteiger partial charge in [-0.05, 0) is 54.8 Å². The second-order valence-corrected chi connectivity index (χ2v) is 6.84. The second kappa shape index (κ2) is 11.5. The number of hydrogen-bond donors (Lipinski definition) is 1. The van der Waals surface area contributed by atoms with Crippen LogP contribution in [0.15, 0.2) is 66.8 Å². The number of aryl methyl sites for hydroxylation is 1. The molecule has 1 N–H and O–H groups in total. The summed E-state index contributed by atoms with van der Waals surface area (Å²) in [6.45, 7) is 10.4. The van der Waals surface area contributed by atoms with Crippen molar-refractivity contribution in [3.05, 3.63) is 83.5 Å². The monoisotopic (exact) mass is 422 g/mol. The van der Waals surface area contributed by atoms with Crippen molar-refractivity contribution in [2.75, 3.05) is 19.8 Å². The summed E-state index contributed by atoms with van der Waals surface area (Å²) >= 11 is 0. The normalized spacial score (nSPS) is 10.5. The van der Waals surface area contributed by atoms with Gasteiger partial charge in [0.15, 0.2) is 0 Å². The zero-order valence-corrected chi connectivity index (χ0v) is 17.7. The predicted molar refractivity (Wildman–Crippen MR) is 120 cm³/mol. The van der Waals surface area contributed by atoms with E-state index < -0.39 is 18.5 Å². The smallest absolute Gasteiger partial charge is 0.341 e. The van der Waals surface area contributed by atoms with Gasteiger partial charge in [0.1, 0.15) is 24.7 Å². The van der Waals surface area contributed by atoms with Crippen LogP contribution in [-0.2, 0) is 14.3 Å². The van der Waals surface area contributed by atoms with Gasteiger partial charge in [-0.15, -0.1) is 0 Å². The van der Waals surface area contributed by atoms with Gasteiger partial charge in [-0.1, -0.05) is 43.5 Å². The Labute approximate surface area is 182 Å². The average Bonchev–Trinajstić information content (AvgIpc) is 2.76. The van der Waals surface area contributed by atoms with Gasteiger partial charge in [-0.2, -0.15) is 0 Å². The van der Waals surface area contributed by atoms with Crippen LogP contribution in [0.5, 0.6) is 11.5 Å². The van der Waals surface area contributed by atoms with E-state index in [9.17, 15) is 9.59 Å². The molecule has 31 heavy (non-hydrogen) atoms. The molecule has 0 saturated carbocycles. The molecule has 0 saturated heterocycles. The quantitative estimate of drug-likeness (QED) is 0.204. The van der Waals surface area contributed by atoms with Crippen LogP contribution in [0.3, 0.4) is 0 Å². The van der Waals surface area contributed by atoms with Gasteiger partial charge in [-0.3, -0.25) is 0 Å². The molecule has 6 heteroatoms. The lowest BCUT2D eigenvalue weighted by Crippen LogP contribution is -2.13. The molecule has 162 valence electrons. The number of esters is 2. The molecule has 0 spiro atoms. The highest BCUT2D eigenvalue weighted by molar-refractivity contribution is 5.90. The molecule has 0 unspecified atom stereocenters. The Balaban J connectivity index is 1.90. The van der Waals surface area contributed by atoms with Crippen molar-refractivity contribution in [3.8, 4) is 11.5 Å². The Hall–Kier alpha value is -3.64. The number of hydrogen-bond acceptors (Lipinski definition) is 6. The van der Waals surface area contributed by atoms with Crippen molar-refractivity contribution < 1.29 is 28.9 Å². The molecule has 2 aromatic carbocycles. The minimum atomic E-state index is -0.648. The summed E-state index contributed by atoms with van der Waals surface area (Å²) in [5.41, 5.74) is 3.07. The van der Waals surface area contributed by atoms with Crippen LogP contribution < -0.4 is 9.47 Å². The van der Waals surface area contributed by atoms with Gasteiger partial charge >= 0.3 is 11.9 Å². The Morgan fingerprint density at radius 2 is 1.61 bits per heavy atom. The molecule has 0 amide bonds. The molecule has 0 aliphatic rings. The van der Waals surface area contributed by atoms with E-state index in [1.54, 1.807) is 13.0 Å². The molecule has 2 rings (SSSR count). The first-order valence-electron chi connectivity index (χ1n) is 9.65. The summed E-state index contributed by atoms with van der Waals surface area (Å²) in [5, 5.41) is 8.95. The first-order chi connectivity index (χ1) is 14.8. The molecule has 0 bridgehead atoms. The lowest BCUT2D eigenvalue weighted by molar-refractivity contribution is -0.139. The van der Waals surface area contributed by atoms with Crippen molar-refractivity contribution in [2.24, 2.45) is 0 Å². The van der Waals surface area contributed by atoms with Crippen LogP contribution in [0, 0.1) is 6.92 Å². The fourth-order valence-electron chi connectivity index (χ4n) is 2.41. The van der Waals surface area contributed by atoms with Crippen molar-refractivity contribution in [1.29, 1.82) is 0 Å². The highest BCUT2D eigenvalue weighted by Crippen LogP contribution is 2.22. The summed E-state index contributed by atoms with van der Waals surface area (Å²) in [5.74, 6) is 0.0218. The van der Waals surface area contributed by atoms with Crippen molar-refractivity contribution >= 4 is 24.1 Å². The number of aliphatic hydroxyl groups excluding tert-OH is 1. The molecule has 0 aliphatic heterocycles. The van der Waals surface area contributed by atoms with E-state index >= 15 is 0 Å². The second-order valence-electron chi connectivity index (χ2n) is 6.84. The van der Waals surface area contributed by atoms with Crippen LogP contribution in [0.1, 0.15) is 23.6 Å². The third-order valence-corrected chi connectivity index (χ3v) is 4.16. The average molecular weight is 422 g/mol. The number of carbonyl (C=O) groups excluding carboxylic acids is 2. The minimum Gasteiger partial charge on any atom is -0.490 e. The largest absolute Gasteiger partial charge is 0.490 e. The van der Waals surface area contributed by atoms with E-state index in [1.807, 2.05) is 55.5 Å². The molecule has 0 radical (unpaired) electrons. The van der Waals surface area contributed by atoms with Gasteiger partial charge < -0.3 is 19.3 Å². The fourth-order valence-corrected chi connectivity index (χ4v) is 2.41. The molecular formula is C25H26O6. The molecule has 0 aliphatic carbocycles. The lowest BCUT2D eigenvalue weighted by atomic mass is 10.1. The third-order valence-electron chi connectivity index (χ3n) is 4.16. The lowest BCUT2D eigenvalue weighted by Gasteiger charge is -2.08. The molecule has 0 atom stereocenters. The van der Waals surface area contributed by atoms with Crippen molar-refractivity contribution in [1.82, 2.24) is 0 Å². The van der Waals surface area contributed by atoms with E-state index in [0.29, 0.717) is 17.1 Å². The zero-order valence-electron chi connectivity index (χ0n) is 17.7. The summed E-state index contributed by atoms with van der Waals surface area (Å²) in [6.07, 6.45) is 3.89. The first-order valence-corrected chi connectivity index (χ1v) is 9.65. The molecular weight excluding hydrogens is 396 g/mol. The van der Waals surface area contributed by atoms with Gasteiger partial charge in [-0.25, -0.2) is 9.59 Å². The van der Waals surface area contributed by atoms with Gasteiger partial charge in [0.05, 0.1) is 12.2 Å². The zero-order chi connectivity index (χ0) is 22.8. The Morgan fingerprint density at radius 1 is 0.968 bits per heavy atom. The minimum absolute atomic E-state index is 0.00340. The van der Waals surface area contributed by atoms with Crippen LogP contribution in [0.2, 0.25) is 0 Å². The van der Waals surface area contributed by atoms with Crippen LogP contribution >= 0.6 is 0 Å². The highest BCUT2D eigenvalue weighted by atomic mass is 16.6. The SMILES string of the molecule is C=C(C)C(=O)OCCOc1ccc(/C=C/c2ccc(OC(=O)C(=C)CO)c(C)c2)cc1. The van der Waals surface area contributed by atoms with E-state index in [4.69, 9.17) is 19.3 Å². The maximum atomic E-state index is 11.7. The number of rotatable bonds is 10. The van der Waals surface area contributed by atoms with Crippen molar-refractivity contribution in [3.63, 3.8) is 0 Å². The highest BCUT2D eigenvalue weighted by Gasteiger charge is 2.10. The topological polar surface area (TPSA) is 82.1 Å². The third kappa shape index (κ3) is 7.60. The Kier molecular flexibility index (Phi) is 8.78. The first kappa shape index (κ1) is 23.6. The fraction of sp³-hybridized carbons (Fsp3) is 0.200. The Morgan fingerprint density at radius 3 is 2.23 bits per heavy atom.